The molecule has 0 unspecified atom stereocenters. The predicted molar refractivity (Wildman–Crippen MR) is 88.7 cm³/mol. The van der Waals surface area contributed by atoms with E-state index in [9.17, 15) is 15.0 Å². The number of carboxylic acids is 1. The van der Waals surface area contributed by atoms with Gasteiger partial charge in [-0.2, -0.15) is 0 Å². The molecule has 0 fully saturated rings. The highest BCUT2D eigenvalue weighted by molar-refractivity contribution is 5.73. The van der Waals surface area contributed by atoms with Crippen LogP contribution in [0, 0.1) is 0 Å². The monoisotopic (exact) mass is 315 g/mol. The second kappa shape index (κ2) is 8.14. The van der Waals surface area contributed by atoms with Crippen molar-refractivity contribution in [3.63, 3.8) is 0 Å². The van der Waals surface area contributed by atoms with Crippen molar-refractivity contribution in [2.75, 3.05) is 18.9 Å². The number of phenolic OH excluding ortho intramolecular Hbond substituents is 1. The molecule has 1 aromatic heterocycles. The lowest BCUT2D eigenvalue weighted by Crippen LogP contribution is -2.39. The van der Waals surface area contributed by atoms with E-state index in [-0.39, 0.29) is 5.75 Å². The highest BCUT2D eigenvalue weighted by atomic mass is 16.4. The molecular weight excluding hydrogens is 294 g/mol. The number of aromatic hydroxyl groups is 1. The third-order valence-corrected chi connectivity index (χ3v) is 3.51. The van der Waals surface area contributed by atoms with E-state index in [2.05, 4.69) is 15.6 Å². The molecule has 0 radical (unpaired) electrons. The molecule has 23 heavy (non-hydrogen) atoms. The van der Waals surface area contributed by atoms with Gasteiger partial charge in [-0.15, -0.1) is 0 Å². The maximum Gasteiger partial charge on any atom is 0.321 e. The van der Waals surface area contributed by atoms with Crippen molar-refractivity contribution in [1.82, 2.24) is 10.3 Å². The summed E-state index contributed by atoms with van der Waals surface area (Å²) in [6, 6.07) is 11.6. The van der Waals surface area contributed by atoms with Gasteiger partial charge in [-0.1, -0.05) is 18.2 Å². The first-order chi connectivity index (χ1) is 11.1. The van der Waals surface area contributed by atoms with Crippen LogP contribution < -0.4 is 10.6 Å². The summed E-state index contributed by atoms with van der Waals surface area (Å²) in [5.41, 5.74) is 1.76. The molecule has 1 heterocycles. The number of benzene rings is 1. The minimum Gasteiger partial charge on any atom is -0.508 e. The number of aromatic nitrogens is 1. The first-order valence-corrected chi connectivity index (χ1v) is 7.46. The Balaban J connectivity index is 1.89. The van der Waals surface area contributed by atoms with Crippen LogP contribution in [0.15, 0.2) is 42.5 Å². The summed E-state index contributed by atoms with van der Waals surface area (Å²) in [5.74, 6) is 0.0699. The molecule has 0 bridgehead atoms. The van der Waals surface area contributed by atoms with E-state index in [1.807, 2.05) is 25.2 Å². The molecule has 2 aromatic rings. The molecule has 6 nitrogen and oxygen atoms in total. The second-order valence-electron chi connectivity index (χ2n) is 5.23. The first kappa shape index (κ1) is 16.8. The zero-order chi connectivity index (χ0) is 16.7. The predicted octanol–water partition coefficient (Wildman–Crippen LogP) is 1.66. The van der Waals surface area contributed by atoms with Crippen molar-refractivity contribution >= 4 is 11.8 Å². The van der Waals surface area contributed by atoms with Gasteiger partial charge in [0.05, 0.1) is 0 Å². The number of hydrogen-bond acceptors (Lipinski definition) is 5. The summed E-state index contributed by atoms with van der Waals surface area (Å²) in [6.45, 7) is 0.523. The van der Waals surface area contributed by atoms with Gasteiger partial charge in [-0.05, 0) is 36.2 Å². The highest BCUT2D eigenvalue weighted by Gasteiger charge is 2.17. The lowest BCUT2D eigenvalue weighted by Gasteiger charge is -2.14. The molecular formula is C17H21N3O3. The van der Waals surface area contributed by atoms with Crippen LogP contribution in [-0.2, 0) is 17.6 Å². The number of pyridine rings is 1. The molecule has 0 aliphatic heterocycles. The summed E-state index contributed by atoms with van der Waals surface area (Å²) in [6.07, 6.45) is 1.01. The number of hydrogen-bond donors (Lipinski definition) is 4. The Labute approximate surface area is 135 Å². The first-order valence-electron chi connectivity index (χ1n) is 7.46. The Morgan fingerprint density at radius 2 is 1.96 bits per heavy atom. The zero-order valence-electron chi connectivity index (χ0n) is 13.0. The molecule has 0 spiro atoms. The van der Waals surface area contributed by atoms with Gasteiger partial charge in [0.2, 0.25) is 0 Å². The van der Waals surface area contributed by atoms with Gasteiger partial charge in [-0.3, -0.25) is 4.79 Å². The van der Waals surface area contributed by atoms with Crippen LogP contribution in [0.25, 0.3) is 0 Å². The van der Waals surface area contributed by atoms with E-state index in [4.69, 9.17) is 0 Å². The molecule has 2 rings (SSSR count). The Hall–Kier alpha value is -2.60. The summed E-state index contributed by atoms with van der Waals surface area (Å²) in [5, 5.41) is 24.6. The number of rotatable bonds is 8. The van der Waals surface area contributed by atoms with Gasteiger partial charge in [0.15, 0.2) is 0 Å². The third kappa shape index (κ3) is 5.27. The molecule has 0 saturated carbocycles. The van der Waals surface area contributed by atoms with E-state index in [1.54, 1.807) is 24.3 Å². The van der Waals surface area contributed by atoms with Crippen LogP contribution in [0.4, 0.5) is 5.82 Å². The Morgan fingerprint density at radius 1 is 1.22 bits per heavy atom. The van der Waals surface area contributed by atoms with Crippen molar-refractivity contribution in [3.8, 4) is 5.75 Å². The van der Waals surface area contributed by atoms with Gasteiger partial charge in [0.1, 0.15) is 17.6 Å². The van der Waals surface area contributed by atoms with Crippen LogP contribution in [0.1, 0.15) is 11.3 Å². The molecule has 0 aliphatic carbocycles. The number of nitrogens with zero attached hydrogens (tertiary/aromatic N) is 1. The Bertz CT molecular complexity index is 644. The molecule has 0 amide bonds. The number of carbonyl (C=O) groups is 1. The van der Waals surface area contributed by atoms with Crippen molar-refractivity contribution in [2.24, 2.45) is 0 Å². The quantitative estimate of drug-likeness (QED) is 0.592. The molecule has 4 N–H and O–H groups in total. The standard InChI is InChI=1S/C17H21N3O3/c1-18-16-4-2-3-13(20-16)9-10-19-15(17(22)23)11-12-5-7-14(21)8-6-12/h2-8,15,19,21H,9-11H2,1H3,(H,18,20)(H,22,23)/t15-/m0/s1. The van der Waals surface area contributed by atoms with Crippen LogP contribution in [0.3, 0.4) is 0 Å². The van der Waals surface area contributed by atoms with Crippen LogP contribution in [-0.4, -0.2) is 40.8 Å². The van der Waals surface area contributed by atoms with Crippen LogP contribution >= 0.6 is 0 Å². The SMILES string of the molecule is CNc1cccc(CCN[C@@H](Cc2ccc(O)cc2)C(=O)O)n1. The molecule has 1 atom stereocenters. The smallest absolute Gasteiger partial charge is 0.321 e. The fourth-order valence-corrected chi connectivity index (χ4v) is 2.25. The fourth-order valence-electron chi connectivity index (χ4n) is 2.25. The highest BCUT2D eigenvalue weighted by Crippen LogP contribution is 2.11. The molecule has 0 saturated heterocycles. The Kier molecular flexibility index (Phi) is 5.94. The molecule has 0 aliphatic rings. The van der Waals surface area contributed by atoms with E-state index < -0.39 is 12.0 Å². The van der Waals surface area contributed by atoms with Crippen molar-refractivity contribution in [1.29, 1.82) is 0 Å². The molecule has 122 valence electrons. The van der Waals surface area contributed by atoms with Crippen molar-refractivity contribution in [2.45, 2.75) is 18.9 Å². The van der Waals surface area contributed by atoms with Crippen LogP contribution in [0.2, 0.25) is 0 Å². The van der Waals surface area contributed by atoms with Crippen molar-refractivity contribution < 1.29 is 15.0 Å². The largest absolute Gasteiger partial charge is 0.508 e. The molecule has 6 heteroatoms. The minimum atomic E-state index is -0.894. The van der Waals surface area contributed by atoms with Gasteiger partial charge in [0, 0.05) is 25.7 Å². The number of nitrogens with one attached hydrogen (secondary N) is 2. The van der Waals surface area contributed by atoms with Gasteiger partial charge >= 0.3 is 5.97 Å². The van der Waals surface area contributed by atoms with E-state index >= 15 is 0 Å². The second-order valence-corrected chi connectivity index (χ2v) is 5.23. The summed E-state index contributed by atoms with van der Waals surface area (Å²) < 4.78 is 0. The normalized spacial score (nSPS) is 11.9. The minimum absolute atomic E-state index is 0.170. The summed E-state index contributed by atoms with van der Waals surface area (Å²) >= 11 is 0. The van der Waals surface area contributed by atoms with E-state index in [0.717, 1.165) is 17.1 Å². The number of aliphatic carboxylic acids is 1. The van der Waals surface area contributed by atoms with E-state index in [0.29, 0.717) is 19.4 Å². The number of anilines is 1. The van der Waals surface area contributed by atoms with Gasteiger partial charge < -0.3 is 20.8 Å². The number of phenols is 1. The maximum absolute atomic E-state index is 11.4. The fraction of sp³-hybridized carbons (Fsp3) is 0.294. The topological polar surface area (TPSA) is 94.5 Å². The van der Waals surface area contributed by atoms with E-state index in [1.165, 1.54) is 0 Å². The van der Waals surface area contributed by atoms with Crippen LogP contribution in [0.5, 0.6) is 5.75 Å². The Morgan fingerprint density at radius 3 is 2.61 bits per heavy atom. The third-order valence-electron chi connectivity index (χ3n) is 3.51. The lowest BCUT2D eigenvalue weighted by atomic mass is 10.1. The zero-order valence-corrected chi connectivity index (χ0v) is 13.0. The summed E-state index contributed by atoms with van der Waals surface area (Å²) in [4.78, 5) is 15.8. The van der Waals surface area contributed by atoms with Crippen molar-refractivity contribution in [3.05, 3.63) is 53.7 Å². The van der Waals surface area contributed by atoms with Gasteiger partial charge in [-0.25, -0.2) is 4.98 Å². The number of carboxylic acid groups (broad SMARTS) is 1. The van der Waals surface area contributed by atoms with Gasteiger partial charge in [0.25, 0.3) is 0 Å². The maximum atomic E-state index is 11.4. The summed E-state index contributed by atoms with van der Waals surface area (Å²) in [7, 11) is 1.81. The molecule has 1 aromatic carbocycles. The average Bonchev–Trinajstić information content (AvgIpc) is 2.56. The lowest BCUT2D eigenvalue weighted by molar-refractivity contribution is -0.139. The average molecular weight is 315 g/mol.